The highest BCUT2D eigenvalue weighted by molar-refractivity contribution is 5.97. The summed E-state index contributed by atoms with van der Waals surface area (Å²) in [6.45, 7) is 6.16. The number of aryl methyl sites for hydroxylation is 1. The first-order valence-electron chi connectivity index (χ1n) is 10.1. The monoisotopic (exact) mass is 405 g/mol. The molecule has 30 heavy (non-hydrogen) atoms. The van der Waals surface area contributed by atoms with E-state index in [1.54, 1.807) is 24.3 Å². The van der Waals surface area contributed by atoms with Crippen LogP contribution in [0.2, 0.25) is 0 Å². The Kier molecular flexibility index (Phi) is 7.01. The van der Waals surface area contributed by atoms with Gasteiger partial charge in [-0.25, -0.2) is 0 Å². The maximum Gasteiger partial charge on any atom is 0.251 e. The molecule has 0 unspecified atom stereocenters. The van der Waals surface area contributed by atoms with Crippen LogP contribution < -0.4 is 10.6 Å². The Labute approximate surface area is 176 Å². The molecule has 3 aromatic rings. The lowest BCUT2D eigenvalue weighted by molar-refractivity contribution is -0.124. The highest BCUT2D eigenvalue weighted by atomic mass is 16.5. The van der Waals surface area contributed by atoms with Crippen molar-refractivity contribution >= 4 is 11.8 Å². The van der Waals surface area contributed by atoms with Gasteiger partial charge >= 0.3 is 0 Å². The maximum absolute atomic E-state index is 12.8. The van der Waals surface area contributed by atoms with Gasteiger partial charge in [0.25, 0.3) is 5.91 Å². The standard InChI is InChI=1S/C24H27N3O3/c1-4-17(3)22(26-23(28)19-8-6-5-7-9-19)24(29)25-15-20-14-21(27-30-20)18-12-10-16(2)11-13-18/h5-14,17,22H,4,15H2,1-3H3,(H,25,29)(H,26,28)/t17-,22+/m0/s1. The Balaban J connectivity index is 1.63. The zero-order valence-electron chi connectivity index (χ0n) is 17.5. The van der Waals surface area contributed by atoms with Crippen molar-refractivity contribution < 1.29 is 14.1 Å². The van der Waals surface area contributed by atoms with Crippen molar-refractivity contribution in [1.29, 1.82) is 0 Å². The largest absolute Gasteiger partial charge is 0.359 e. The molecule has 0 aliphatic carbocycles. The number of aromatic nitrogens is 1. The first kappa shape index (κ1) is 21.3. The van der Waals surface area contributed by atoms with E-state index in [0.29, 0.717) is 11.3 Å². The van der Waals surface area contributed by atoms with Gasteiger partial charge in [-0.15, -0.1) is 0 Å². The molecule has 3 rings (SSSR count). The molecule has 0 saturated carbocycles. The van der Waals surface area contributed by atoms with E-state index < -0.39 is 6.04 Å². The Morgan fingerprint density at radius 3 is 2.43 bits per heavy atom. The first-order valence-corrected chi connectivity index (χ1v) is 10.1. The van der Waals surface area contributed by atoms with E-state index in [4.69, 9.17) is 4.52 Å². The quantitative estimate of drug-likeness (QED) is 0.591. The summed E-state index contributed by atoms with van der Waals surface area (Å²) in [5.41, 5.74) is 3.37. The van der Waals surface area contributed by atoms with Crippen molar-refractivity contribution in [3.8, 4) is 11.3 Å². The molecule has 0 aliphatic heterocycles. The maximum atomic E-state index is 12.8. The fourth-order valence-electron chi connectivity index (χ4n) is 3.06. The van der Waals surface area contributed by atoms with Gasteiger partial charge in [0.1, 0.15) is 11.7 Å². The molecule has 2 atom stereocenters. The summed E-state index contributed by atoms with van der Waals surface area (Å²) in [4.78, 5) is 25.3. The number of benzene rings is 2. The van der Waals surface area contributed by atoms with E-state index in [9.17, 15) is 9.59 Å². The zero-order chi connectivity index (χ0) is 21.5. The third kappa shape index (κ3) is 5.35. The van der Waals surface area contributed by atoms with E-state index >= 15 is 0 Å². The second-order valence-electron chi connectivity index (χ2n) is 7.46. The van der Waals surface area contributed by atoms with E-state index in [0.717, 1.165) is 17.7 Å². The minimum Gasteiger partial charge on any atom is -0.359 e. The van der Waals surface area contributed by atoms with Gasteiger partial charge in [-0.05, 0) is 25.0 Å². The molecule has 0 saturated heterocycles. The van der Waals surface area contributed by atoms with Crippen LogP contribution in [-0.4, -0.2) is 23.0 Å². The first-order chi connectivity index (χ1) is 14.5. The van der Waals surface area contributed by atoms with Crippen molar-refractivity contribution in [1.82, 2.24) is 15.8 Å². The average molecular weight is 405 g/mol. The molecule has 2 aromatic carbocycles. The normalized spacial score (nSPS) is 12.8. The van der Waals surface area contributed by atoms with Gasteiger partial charge in [0.05, 0.1) is 6.54 Å². The van der Waals surface area contributed by atoms with Crippen LogP contribution in [0.3, 0.4) is 0 Å². The fourth-order valence-corrected chi connectivity index (χ4v) is 3.06. The van der Waals surface area contributed by atoms with Gasteiger partial charge < -0.3 is 15.2 Å². The molecule has 0 fully saturated rings. The number of nitrogens with one attached hydrogen (secondary N) is 2. The summed E-state index contributed by atoms with van der Waals surface area (Å²) < 4.78 is 5.36. The number of carbonyl (C=O) groups is 2. The van der Waals surface area contributed by atoms with E-state index in [1.807, 2.05) is 57.2 Å². The van der Waals surface area contributed by atoms with Crippen molar-refractivity contribution in [2.24, 2.45) is 5.92 Å². The second-order valence-corrected chi connectivity index (χ2v) is 7.46. The smallest absolute Gasteiger partial charge is 0.251 e. The van der Waals surface area contributed by atoms with Crippen LogP contribution in [0.25, 0.3) is 11.3 Å². The zero-order valence-corrected chi connectivity index (χ0v) is 17.5. The minimum atomic E-state index is -0.637. The molecule has 0 spiro atoms. The van der Waals surface area contributed by atoms with Gasteiger partial charge in [-0.3, -0.25) is 9.59 Å². The molecule has 2 N–H and O–H groups in total. The van der Waals surface area contributed by atoms with Crippen molar-refractivity contribution in [3.05, 3.63) is 77.6 Å². The van der Waals surface area contributed by atoms with E-state index in [-0.39, 0.29) is 24.3 Å². The molecule has 2 amide bonds. The van der Waals surface area contributed by atoms with Crippen LogP contribution in [0.5, 0.6) is 0 Å². The van der Waals surface area contributed by atoms with Crippen LogP contribution in [0.15, 0.2) is 65.2 Å². The lowest BCUT2D eigenvalue weighted by Crippen LogP contribution is -2.50. The van der Waals surface area contributed by atoms with Crippen LogP contribution >= 0.6 is 0 Å². The third-order valence-electron chi connectivity index (χ3n) is 5.16. The summed E-state index contributed by atoms with van der Waals surface area (Å²) in [6, 6.07) is 18.0. The predicted octanol–water partition coefficient (Wildman–Crippen LogP) is 4.11. The van der Waals surface area contributed by atoms with Gasteiger partial charge in [-0.2, -0.15) is 0 Å². The number of amides is 2. The lowest BCUT2D eigenvalue weighted by atomic mass is 9.97. The Bertz CT molecular complexity index is 980. The van der Waals surface area contributed by atoms with Gasteiger partial charge in [-0.1, -0.05) is 73.5 Å². The average Bonchev–Trinajstić information content (AvgIpc) is 3.25. The van der Waals surface area contributed by atoms with Gasteiger partial charge in [0, 0.05) is 17.2 Å². The molecule has 0 radical (unpaired) electrons. The molecule has 1 aromatic heterocycles. The fraction of sp³-hybridized carbons (Fsp3) is 0.292. The van der Waals surface area contributed by atoms with Gasteiger partial charge in [0.2, 0.25) is 5.91 Å². The molecular formula is C24H27N3O3. The van der Waals surface area contributed by atoms with Crippen LogP contribution in [0, 0.1) is 12.8 Å². The van der Waals surface area contributed by atoms with Crippen molar-refractivity contribution in [2.45, 2.75) is 39.8 Å². The summed E-state index contributed by atoms with van der Waals surface area (Å²) in [5, 5.41) is 9.80. The Hall–Kier alpha value is -3.41. The summed E-state index contributed by atoms with van der Waals surface area (Å²) >= 11 is 0. The molecule has 6 heteroatoms. The summed E-state index contributed by atoms with van der Waals surface area (Å²) in [7, 11) is 0. The Morgan fingerprint density at radius 2 is 1.77 bits per heavy atom. The number of hydrogen-bond acceptors (Lipinski definition) is 4. The van der Waals surface area contributed by atoms with Crippen molar-refractivity contribution in [2.75, 3.05) is 0 Å². The molecule has 0 bridgehead atoms. The van der Waals surface area contributed by atoms with E-state index in [2.05, 4.69) is 15.8 Å². The summed E-state index contributed by atoms with van der Waals surface area (Å²) in [5.74, 6) is 0.0195. The molecule has 6 nitrogen and oxygen atoms in total. The number of hydrogen-bond donors (Lipinski definition) is 2. The molecule has 0 aliphatic rings. The van der Waals surface area contributed by atoms with Crippen LogP contribution in [0.4, 0.5) is 0 Å². The highest BCUT2D eigenvalue weighted by Gasteiger charge is 2.26. The topological polar surface area (TPSA) is 84.2 Å². The summed E-state index contributed by atoms with van der Waals surface area (Å²) in [6.07, 6.45) is 0.757. The molecule has 156 valence electrons. The predicted molar refractivity (Wildman–Crippen MR) is 116 cm³/mol. The molecule has 1 heterocycles. The molecular weight excluding hydrogens is 378 g/mol. The Morgan fingerprint density at radius 1 is 1.07 bits per heavy atom. The number of rotatable bonds is 8. The van der Waals surface area contributed by atoms with Crippen LogP contribution in [-0.2, 0) is 11.3 Å². The third-order valence-corrected chi connectivity index (χ3v) is 5.16. The van der Waals surface area contributed by atoms with Gasteiger partial charge in [0.15, 0.2) is 5.76 Å². The van der Waals surface area contributed by atoms with Crippen molar-refractivity contribution in [3.63, 3.8) is 0 Å². The second kappa shape index (κ2) is 9.87. The van der Waals surface area contributed by atoms with Crippen LogP contribution in [0.1, 0.15) is 41.9 Å². The van der Waals surface area contributed by atoms with E-state index in [1.165, 1.54) is 5.56 Å². The number of carbonyl (C=O) groups excluding carboxylic acids is 2. The lowest BCUT2D eigenvalue weighted by Gasteiger charge is -2.23. The number of nitrogens with zero attached hydrogens (tertiary/aromatic N) is 1. The highest BCUT2D eigenvalue weighted by Crippen LogP contribution is 2.19. The minimum absolute atomic E-state index is 0.0180. The SMILES string of the molecule is CC[C@H](C)[C@@H](NC(=O)c1ccccc1)C(=O)NCc1cc(-c2ccc(C)cc2)no1.